The third-order valence-electron chi connectivity index (χ3n) is 2.30. The molecule has 0 radical (unpaired) electrons. The summed E-state index contributed by atoms with van der Waals surface area (Å²) in [6.45, 7) is 5.07. The highest BCUT2D eigenvalue weighted by Gasteiger charge is 2.06. The lowest BCUT2D eigenvalue weighted by Crippen LogP contribution is -2.05. The van der Waals surface area contributed by atoms with E-state index in [0.29, 0.717) is 5.95 Å². The minimum atomic E-state index is 0.716. The van der Waals surface area contributed by atoms with E-state index in [-0.39, 0.29) is 0 Å². The van der Waals surface area contributed by atoms with Gasteiger partial charge in [-0.1, -0.05) is 6.92 Å². The van der Waals surface area contributed by atoms with Gasteiger partial charge in [0.15, 0.2) is 0 Å². The molecule has 2 rings (SSSR count). The largest absolute Gasteiger partial charge is 0.354 e. The SMILES string of the molecule is CCCNc1ncc(C)c(-c2ccsc2)n1. The van der Waals surface area contributed by atoms with E-state index in [4.69, 9.17) is 0 Å². The van der Waals surface area contributed by atoms with E-state index in [9.17, 15) is 0 Å². The van der Waals surface area contributed by atoms with E-state index in [1.54, 1.807) is 11.3 Å². The average molecular weight is 233 g/mol. The van der Waals surface area contributed by atoms with Crippen LogP contribution >= 0.6 is 11.3 Å². The predicted octanol–water partition coefficient (Wildman–Crippen LogP) is 3.34. The van der Waals surface area contributed by atoms with Crippen molar-refractivity contribution in [2.75, 3.05) is 11.9 Å². The fourth-order valence-corrected chi connectivity index (χ4v) is 2.10. The zero-order valence-corrected chi connectivity index (χ0v) is 10.3. The van der Waals surface area contributed by atoms with Gasteiger partial charge in [0.1, 0.15) is 0 Å². The average Bonchev–Trinajstić information content (AvgIpc) is 2.81. The van der Waals surface area contributed by atoms with E-state index in [1.165, 1.54) is 5.56 Å². The van der Waals surface area contributed by atoms with E-state index >= 15 is 0 Å². The van der Waals surface area contributed by atoms with Crippen molar-refractivity contribution in [3.63, 3.8) is 0 Å². The van der Waals surface area contributed by atoms with Gasteiger partial charge in [-0.2, -0.15) is 11.3 Å². The third-order valence-corrected chi connectivity index (χ3v) is 2.98. The molecule has 0 aliphatic heterocycles. The first-order chi connectivity index (χ1) is 7.81. The van der Waals surface area contributed by atoms with Crippen molar-refractivity contribution in [1.29, 1.82) is 0 Å². The van der Waals surface area contributed by atoms with Crippen molar-refractivity contribution in [2.24, 2.45) is 0 Å². The summed E-state index contributed by atoms with van der Waals surface area (Å²) in [4.78, 5) is 8.80. The van der Waals surface area contributed by atoms with Crippen LogP contribution in [0.3, 0.4) is 0 Å². The molecule has 0 amide bonds. The van der Waals surface area contributed by atoms with Crippen LogP contribution in [0.25, 0.3) is 11.3 Å². The molecule has 0 fully saturated rings. The van der Waals surface area contributed by atoms with Gasteiger partial charge in [0.25, 0.3) is 0 Å². The van der Waals surface area contributed by atoms with Gasteiger partial charge in [0.05, 0.1) is 5.69 Å². The Morgan fingerprint density at radius 2 is 2.31 bits per heavy atom. The Morgan fingerprint density at radius 1 is 1.44 bits per heavy atom. The normalized spacial score (nSPS) is 10.4. The number of aromatic nitrogens is 2. The van der Waals surface area contributed by atoms with Crippen molar-refractivity contribution in [1.82, 2.24) is 9.97 Å². The summed E-state index contributed by atoms with van der Waals surface area (Å²) in [5, 5.41) is 7.38. The number of anilines is 1. The maximum atomic E-state index is 4.54. The first kappa shape index (κ1) is 11.1. The molecule has 16 heavy (non-hydrogen) atoms. The van der Waals surface area contributed by atoms with Gasteiger partial charge in [0.2, 0.25) is 5.95 Å². The van der Waals surface area contributed by atoms with Crippen LogP contribution in [0, 0.1) is 6.92 Å². The summed E-state index contributed by atoms with van der Waals surface area (Å²) in [6, 6.07) is 2.09. The molecule has 84 valence electrons. The van der Waals surface area contributed by atoms with Crippen molar-refractivity contribution >= 4 is 17.3 Å². The minimum absolute atomic E-state index is 0.716. The van der Waals surface area contributed by atoms with Gasteiger partial charge in [-0.25, -0.2) is 9.97 Å². The van der Waals surface area contributed by atoms with Crippen LogP contribution in [0.4, 0.5) is 5.95 Å². The lowest BCUT2D eigenvalue weighted by Gasteiger charge is -2.06. The predicted molar refractivity (Wildman–Crippen MR) is 68.9 cm³/mol. The third kappa shape index (κ3) is 2.39. The van der Waals surface area contributed by atoms with Crippen LogP contribution in [0.5, 0.6) is 0 Å². The fraction of sp³-hybridized carbons (Fsp3) is 0.333. The minimum Gasteiger partial charge on any atom is -0.354 e. The van der Waals surface area contributed by atoms with Gasteiger partial charge in [0, 0.05) is 23.7 Å². The molecule has 0 aliphatic rings. The van der Waals surface area contributed by atoms with E-state index in [2.05, 4.69) is 39.0 Å². The van der Waals surface area contributed by atoms with Gasteiger partial charge in [-0.15, -0.1) is 0 Å². The summed E-state index contributed by atoms with van der Waals surface area (Å²) in [6.07, 6.45) is 2.95. The summed E-state index contributed by atoms with van der Waals surface area (Å²) < 4.78 is 0. The lowest BCUT2D eigenvalue weighted by atomic mass is 10.1. The lowest BCUT2D eigenvalue weighted by molar-refractivity contribution is 0.951. The van der Waals surface area contributed by atoms with Crippen molar-refractivity contribution in [3.05, 3.63) is 28.6 Å². The van der Waals surface area contributed by atoms with Gasteiger partial charge >= 0.3 is 0 Å². The smallest absolute Gasteiger partial charge is 0.223 e. The van der Waals surface area contributed by atoms with E-state index in [0.717, 1.165) is 24.2 Å². The molecule has 0 spiro atoms. The van der Waals surface area contributed by atoms with Crippen molar-refractivity contribution < 1.29 is 0 Å². The first-order valence-corrected chi connectivity index (χ1v) is 6.35. The van der Waals surface area contributed by atoms with Crippen LogP contribution in [0.2, 0.25) is 0 Å². The van der Waals surface area contributed by atoms with Crippen LogP contribution in [0.15, 0.2) is 23.0 Å². The number of rotatable bonds is 4. The van der Waals surface area contributed by atoms with Crippen LogP contribution in [-0.4, -0.2) is 16.5 Å². The van der Waals surface area contributed by atoms with Crippen molar-refractivity contribution in [3.8, 4) is 11.3 Å². The molecule has 0 bridgehead atoms. The summed E-state index contributed by atoms with van der Waals surface area (Å²) in [5.74, 6) is 0.716. The van der Waals surface area contributed by atoms with Crippen LogP contribution in [0.1, 0.15) is 18.9 Å². The zero-order valence-electron chi connectivity index (χ0n) is 9.53. The molecule has 2 heterocycles. The Labute approximate surface area is 99.6 Å². The van der Waals surface area contributed by atoms with Crippen molar-refractivity contribution in [2.45, 2.75) is 20.3 Å². The molecule has 0 atom stereocenters. The molecule has 0 unspecified atom stereocenters. The van der Waals surface area contributed by atoms with E-state index < -0.39 is 0 Å². The maximum Gasteiger partial charge on any atom is 0.223 e. The molecular weight excluding hydrogens is 218 g/mol. The molecule has 0 aromatic carbocycles. The Bertz CT molecular complexity index is 451. The Balaban J connectivity index is 2.30. The van der Waals surface area contributed by atoms with Crippen LogP contribution in [-0.2, 0) is 0 Å². The molecule has 3 nitrogen and oxygen atoms in total. The summed E-state index contributed by atoms with van der Waals surface area (Å²) in [7, 11) is 0. The highest BCUT2D eigenvalue weighted by Crippen LogP contribution is 2.23. The molecule has 2 aromatic heterocycles. The molecule has 0 saturated carbocycles. The second-order valence-electron chi connectivity index (χ2n) is 3.66. The zero-order chi connectivity index (χ0) is 11.4. The van der Waals surface area contributed by atoms with Gasteiger partial charge < -0.3 is 5.32 Å². The summed E-state index contributed by atoms with van der Waals surface area (Å²) in [5.41, 5.74) is 3.31. The number of hydrogen-bond donors (Lipinski definition) is 1. The molecule has 0 aliphatic carbocycles. The number of hydrogen-bond acceptors (Lipinski definition) is 4. The topological polar surface area (TPSA) is 37.8 Å². The molecule has 1 N–H and O–H groups in total. The standard InChI is InChI=1S/C12H15N3S/c1-3-5-13-12-14-7-9(2)11(15-12)10-4-6-16-8-10/h4,6-8H,3,5H2,1-2H3,(H,13,14,15). The molecule has 0 saturated heterocycles. The quantitative estimate of drug-likeness (QED) is 0.880. The van der Waals surface area contributed by atoms with Gasteiger partial charge in [-0.05, 0) is 30.4 Å². The highest BCUT2D eigenvalue weighted by molar-refractivity contribution is 7.08. The Kier molecular flexibility index (Phi) is 3.51. The Morgan fingerprint density at radius 3 is 3.00 bits per heavy atom. The Hall–Kier alpha value is -1.42. The molecule has 4 heteroatoms. The second-order valence-corrected chi connectivity index (χ2v) is 4.44. The number of thiophene rings is 1. The molecular formula is C12H15N3S. The summed E-state index contributed by atoms with van der Waals surface area (Å²) >= 11 is 1.69. The number of nitrogens with zero attached hydrogens (tertiary/aromatic N) is 2. The maximum absolute atomic E-state index is 4.54. The van der Waals surface area contributed by atoms with E-state index in [1.807, 2.05) is 13.1 Å². The molecule has 2 aromatic rings. The van der Waals surface area contributed by atoms with Gasteiger partial charge in [-0.3, -0.25) is 0 Å². The highest BCUT2D eigenvalue weighted by atomic mass is 32.1. The van der Waals surface area contributed by atoms with Crippen LogP contribution < -0.4 is 5.32 Å². The number of aryl methyl sites for hydroxylation is 1. The first-order valence-electron chi connectivity index (χ1n) is 5.41. The number of nitrogens with one attached hydrogen (secondary N) is 1. The monoisotopic (exact) mass is 233 g/mol. The fourth-order valence-electron chi connectivity index (χ4n) is 1.46. The second kappa shape index (κ2) is 5.07.